The van der Waals surface area contributed by atoms with Gasteiger partial charge in [-0.05, 0) is 22.6 Å². The monoisotopic (exact) mass is 358 g/mol. The summed E-state index contributed by atoms with van der Waals surface area (Å²) in [5, 5.41) is 11.5. The third-order valence-electron chi connectivity index (χ3n) is 4.10. The number of aromatic nitrogens is 2. The molecule has 3 heterocycles. The number of alkyl halides is 3. The van der Waals surface area contributed by atoms with Crippen molar-refractivity contribution in [1.29, 1.82) is 0 Å². The Kier molecular flexibility index (Phi) is 4.64. The summed E-state index contributed by atoms with van der Waals surface area (Å²) in [6.45, 7) is 1.32. The first-order valence-electron chi connectivity index (χ1n) is 7.46. The number of nitrogens with one attached hydrogen (secondary N) is 2. The topological polar surface area (TPSA) is 59.0 Å². The molecule has 1 fully saturated rings. The smallest absolute Gasteiger partial charge is 0.352 e. The number of thiophene rings is 1. The molecule has 9 heteroatoms. The van der Waals surface area contributed by atoms with Gasteiger partial charge in [-0.15, -0.1) is 11.3 Å². The van der Waals surface area contributed by atoms with Crippen LogP contribution in [0, 0.1) is 5.92 Å². The van der Waals surface area contributed by atoms with Crippen LogP contribution in [0.4, 0.5) is 13.2 Å². The van der Waals surface area contributed by atoms with Crippen molar-refractivity contribution < 1.29 is 18.0 Å². The van der Waals surface area contributed by atoms with E-state index in [9.17, 15) is 18.0 Å². The molecule has 130 valence electrons. The second-order valence-electron chi connectivity index (χ2n) is 5.85. The Morgan fingerprint density at radius 1 is 1.50 bits per heavy atom. The number of hydrogen-bond acceptors (Lipinski definition) is 4. The van der Waals surface area contributed by atoms with Crippen molar-refractivity contribution in [2.75, 3.05) is 13.1 Å². The van der Waals surface area contributed by atoms with Crippen LogP contribution in [-0.4, -0.2) is 28.8 Å². The molecular formula is C15H17F3N4OS. The standard InChI is InChI=1S/C15H17F3N4OS/c1-22-7-10(4-21-22)11-5-19-6-12(11)14(23)20-3-9-2-13(24-8-9)15(16,17)18/h2,4,7-8,11-12,19H,3,5-6H2,1H3,(H,20,23)/t11-,12+/m0/s1. The first-order valence-corrected chi connectivity index (χ1v) is 8.34. The molecule has 2 aromatic heterocycles. The van der Waals surface area contributed by atoms with Crippen molar-refractivity contribution in [1.82, 2.24) is 20.4 Å². The van der Waals surface area contributed by atoms with Gasteiger partial charge >= 0.3 is 6.18 Å². The van der Waals surface area contributed by atoms with Crippen LogP contribution in [0.2, 0.25) is 0 Å². The van der Waals surface area contributed by atoms with Crippen LogP contribution in [0.1, 0.15) is 21.9 Å². The minimum atomic E-state index is -4.34. The van der Waals surface area contributed by atoms with Gasteiger partial charge in [0.15, 0.2) is 0 Å². The van der Waals surface area contributed by atoms with Crippen LogP contribution < -0.4 is 10.6 Å². The van der Waals surface area contributed by atoms with Gasteiger partial charge in [0, 0.05) is 38.8 Å². The Morgan fingerprint density at radius 3 is 2.92 bits per heavy atom. The highest BCUT2D eigenvalue weighted by Crippen LogP contribution is 2.34. The van der Waals surface area contributed by atoms with Crippen molar-refractivity contribution in [2.45, 2.75) is 18.6 Å². The zero-order valence-electron chi connectivity index (χ0n) is 12.9. The number of hydrogen-bond donors (Lipinski definition) is 2. The first kappa shape index (κ1) is 17.0. The lowest BCUT2D eigenvalue weighted by Crippen LogP contribution is -2.33. The van der Waals surface area contributed by atoms with E-state index in [2.05, 4.69) is 15.7 Å². The average Bonchev–Trinajstić information content (AvgIpc) is 3.23. The van der Waals surface area contributed by atoms with Gasteiger partial charge in [0.2, 0.25) is 5.91 Å². The van der Waals surface area contributed by atoms with Crippen LogP contribution >= 0.6 is 11.3 Å². The lowest BCUT2D eigenvalue weighted by atomic mass is 9.90. The van der Waals surface area contributed by atoms with Crippen molar-refractivity contribution >= 4 is 17.2 Å². The SMILES string of the molecule is Cn1cc([C@@H]2CNC[C@H]2C(=O)NCc2csc(C(F)(F)F)c2)cn1. The van der Waals surface area contributed by atoms with Gasteiger partial charge < -0.3 is 10.6 Å². The van der Waals surface area contributed by atoms with Crippen LogP contribution in [0.25, 0.3) is 0 Å². The zero-order valence-corrected chi connectivity index (χ0v) is 13.7. The molecule has 0 spiro atoms. The van der Waals surface area contributed by atoms with Gasteiger partial charge in [0.1, 0.15) is 4.88 Å². The fourth-order valence-electron chi connectivity index (χ4n) is 2.87. The largest absolute Gasteiger partial charge is 0.425 e. The van der Waals surface area contributed by atoms with Gasteiger partial charge in [-0.1, -0.05) is 0 Å². The molecule has 0 radical (unpaired) electrons. The number of rotatable bonds is 4. The third-order valence-corrected chi connectivity index (χ3v) is 5.13. The quantitative estimate of drug-likeness (QED) is 0.880. The van der Waals surface area contributed by atoms with Crippen LogP contribution in [0.15, 0.2) is 23.8 Å². The number of nitrogens with zero attached hydrogens (tertiary/aromatic N) is 2. The number of carbonyl (C=O) groups excluding carboxylic acids is 1. The van der Waals surface area contributed by atoms with E-state index in [-0.39, 0.29) is 24.3 Å². The van der Waals surface area contributed by atoms with E-state index in [0.29, 0.717) is 30.0 Å². The van der Waals surface area contributed by atoms with E-state index in [1.165, 1.54) is 5.38 Å². The van der Waals surface area contributed by atoms with E-state index in [1.807, 2.05) is 13.2 Å². The Balaban J connectivity index is 1.61. The molecule has 5 nitrogen and oxygen atoms in total. The molecule has 0 bridgehead atoms. The van der Waals surface area contributed by atoms with Gasteiger partial charge in [0.05, 0.1) is 12.1 Å². The molecule has 1 saturated heterocycles. The second kappa shape index (κ2) is 6.56. The minimum absolute atomic E-state index is 0.0203. The van der Waals surface area contributed by atoms with Crippen LogP contribution in [0.5, 0.6) is 0 Å². The Labute approximate surface area is 140 Å². The van der Waals surface area contributed by atoms with Crippen molar-refractivity contribution in [3.63, 3.8) is 0 Å². The van der Waals surface area contributed by atoms with Gasteiger partial charge in [-0.2, -0.15) is 18.3 Å². The van der Waals surface area contributed by atoms with Crippen LogP contribution in [-0.2, 0) is 24.6 Å². The maximum atomic E-state index is 12.6. The molecule has 2 N–H and O–H groups in total. The van der Waals surface area contributed by atoms with Crippen molar-refractivity contribution in [2.24, 2.45) is 13.0 Å². The van der Waals surface area contributed by atoms with Crippen molar-refractivity contribution in [3.05, 3.63) is 39.8 Å². The number of aryl methyl sites for hydroxylation is 1. The minimum Gasteiger partial charge on any atom is -0.352 e. The van der Waals surface area contributed by atoms with Gasteiger partial charge in [-0.3, -0.25) is 9.48 Å². The molecule has 24 heavy (non-hydrogen) atoms. The maximum absolute atomic E-state index is 12.6. The lowest BCUT2D eigenvalue weighted by Gasteiger charge is -2.16. The summed E-state index contributed by atoms with van der Waals surface area (Å²) in [4.78, 5) is 11.8. The highest BCUT2D eigenvalue weighted by molar-refractivity contribution is 7.10. The second-order valence-corrected chi connectivity index (χ2v) is 6.76. The summed E-state index contributed by atoms with van der Waals surface area (Å²) < 4.78 is 39.5. The summed E-state index contributed by atoms with van der Waals surface area (Å²) in [5.74, 6) is -0.393. The molecule has 2 atom stereocenters. The van der Waals surface area contributed by atoms with Gasteiger partial charge in [-0.25, -0.2) is 0 Å². The summed E-state index contributed by atoms with van der Waals surface area (Å²) >= 11 is 0.641. The molecule has 3 rings (SSSR count). The fraction of sp³-hybridized carbons (Fsp3) is 0.467. The van der Waals surface area contributed by atoms with E-state index in [0.717, 1.165) is 11.6 Å². The Bertz CT molecular complexity index is 724. The van der Waals surface area contributed by atoms with E-state index in [4.69, 9.17) is 0 Å². The molecule has 1 aliphatic rings. The molecular weight excluding hydrogens is 341 g/mol. The Morgan fingerprint density at radius 2 is 2.29 bits per heavy atom. The van der Waals surface area contributed by atoms with Crippen LogP contribution in [0.3, 0.4) is 0 Å². The zero-order chi connectivity index (χ0) is 17.3. The van der Waals surface area contributed by atoms with E-state index in [1.54, 1.807) is 10.9 Å². The lowest BCUT2D eigenvalue weighted by molar-refractivity contribution is -0.134. The van der Waals surface area contributed by atoms with E-state index >= 15 is 0 Å². The normalized spacial score (nSPS) is 21.2. The molecule has 0 unspecified atom stereocenters. The number of amides is 1. The van der Waals surface area contributed by atoms with E-state index < -0.39 is 11.1 Å². The fourth-order valence-corrected chi connectivity index (χ4v) is 3.66. The highest BCUT2D eigenvalue weighted by Gasteiger charge is 2.35. The molecule has 1 amide bonds. The first-order chi connectivity index (χ1) is 11.3. The number of halogens is 3. The Hall–Kier alpha value is -1.87. The predicted octanol–water partition coefficient (Wildman–Crippen LogP) is 2.12. The molecule has 0 saturated carbocycles. The highest BCUT2D eigenvalue weighted by atomic mass is 32.1. The summed E-state index contributed by atoms with van der Waals surface area (Å²) in [5.41, 5.74) is 1.45. The van der Waals surface area contributed by atoms with Gasteiger partial charge in [0.25, 0.3) is 0 Å². The maximum Gasteiger partial charge on any atom is 0.425 e. The molecule has 0 aliphatic carbocycles. The predicted molar refractivity (Wildman–Crippen MR) is 83.5 cm³/mol. The number of carbonyl (C=O) groups is 1. The molecule has 2 aromatic rings. The summed E-state index contributed by atoms with van der Waals surface area (Å²) in [6.07, 6.45) is -0.716. The summed E-state index contributed by atoms with van der Waals surface area (Å²) in [6, 6.07) is 1.08. The molecule has 1 aliphatic heterocycles. The average molecular weight is 358 g/mol. The summed E-state index contributed by atoms with van der Waals surface area (Å²) in [7, 11) is 1.82. The van der Waals surface area contributed by atoms with Crippen molar-refractivity contribution in [3.8, 4) is 0 Å². The third kappa shape index (κ3) is 3.62. The molecule has 0 aromatic carbocycles.